The van der Waals surface area contributed by atoms with Crippen molar-refractivity contribution in [2.45, 2.75) is 6.16 Å². The standard InChI is InChI=1S/C9H11P.BrH/c1-2-8-3-5-9(7-10)6-4-8;/h2-6H,1,7,10H2;1H. The minimum atomic E-state index is 0. The van der Waals surface area contributed by atoms with Gasteiger partial charge in [0.2, 0.25) is 0 Å². The van der Waals surface area contributed by atoms with Crippen LogP contribution in [0.3, 0.4) is 0 Å². The maximum Gasteiger partial charge on any atom is 0.0774 e. The quantitative estimate of drug-likeness (QED) is 0.598. The lowest BCUT2D eigenvalue weighted by Crippen LogP contribution is -3.00. The van der Waals surface area contributed by atoms with Gasteiger partial charge < -0.3 is 17.0 Å². The SMILES string of the molecule is C=Cc1ccc(C[PH3+])cc1.[Br-]. The van der Waals surface area contributed by atoms with E-state index >= 15 is 0 Å². The van der Waals surface area contributed by atoms with Crippen LogP contribution in [0.15, 0.2) is 30.8 Å². The minimum Gasteiger partial charge on any atom is -1.00 e. The van der Waals surface area contributed by atoms with Gasteiger partial charge in [0.05, 0.1) is 6.16 Å². The van der Waals surface area contributed by atoms with Crippen molar-refractivity contribution >= 4 is 15.3 Å². The third-order valence-electron chi connectivity index (χ3n) is 1.50. The molecule has 0 saturated carbocycles. The molecule has 0 nitrogen and oxygen atoms in total. The zero-order chi connectivity index (χ0) is 7.40. The van der Waals surface area contributed by atoms with E-state index in [4.69, 9.17) is 0 Å². The lowest BCUT2D eigenvalue weighted by Gasteiger charge is -1.93. The molecule has 0 spiro atoms. The molecule has 2 heteroatoms. The summed E-state index contributed by atoms with van der Waals surface area (Å²) in [6.45, 7) is 3.69. The van der Waals surface area contributed by atoms with Crippen LogP contribution in [0.5, 0.6) is 0 Å². The van der Waals surface area contributed by atoms with Gasteiger partial charge >= 0.3 is 0 Å². The summed E-state index contributed by atoms with van der Waals surface area (Å²) in [5, 5.41) is 0. The third-order valence-corrected chi connectivity index (χ3v) is 2.08. The number of hydrogen-bond acceptors (Lipinski definition) is 0. The predicted molar refractivity (Wildman–Crippen MR) is 51.3 cm³/mol. The molecule has 1 aromatic rings. The van der Waals surface area contributed by atoms with Gasteiger partial charge in [0.25, 0.3) is 0 Å². The van der Waals surface area contributed by atoms with Crippen LogP contribution in [0.25, 0.3) is 6.08 Å². The summed E-state index contributed by atoms with van der Waals surface area (Å²) in [5.41, 5.74) is 2.59. The van der Waals surface area contributed by atoms with Gasteiger partial charge in [0.1, 0.15) is 0 Å². The molecule has 1 aromatic carbocycles. The van der Waals surface area contributed by atoms with Crippen molar-refractivity contribution < 1.29 is 17.0 Å². The second-order valence-electron chi connectivity index (χ2n) is 2.20. The molecule has 0 aliphatic heterocycles. The molecular weight excluding hydrogens is 219 g/mol. The molecule has 1 rings (SSSR count). The normalized spacial score (nSPS) is 8.73. The fourth-order valence-corrected chi connectivity index (χ4v) is 1.15. The van der Waals surface area contributed by atoms with Gasteiger partial charge in [-0.1, -0.05) is 36.9 Å². The maximum absolute atomic E-state index is 3.69. The van der Waals surface area contributed by atoms with E-state index in [1.54, 1.807) is 0 Å². The Bertz CT molecular complexity index is 216. The maximum atomic E-state index is 3.69. The van der Waals surface area contributed by atoms with Gasteiger partial charge in [-0.05, 0) is 20.4 Å². The van der Waals surface area contributed by atoms with Crippen LogP contribution in [-0.2, 0) is 6.16 Å². The fourth-order valence-electron chi connectivity index (χ4n) is 0.820. The Morgan fingerprint density at radius 1 is 1.27 bits per heavy atom. The number of benzene rings is 1. The van der Waals surface area contributed by atoms with Crippen molar-refractivity contribution in [3.05, 3.63) is 42.0 Å². The monoisotopic (exact) mass is 230 g/mol. The summed E-state index contributed by atoms with van der Waals surface area (Å²) in [7, 11) is 1.97. The minimum absolute atomic E-state index is 0. The van der Waals surface area contributed by atoms with Crippen molar-refractivity contribution in [1.29, 1.82) is 0 Å². The molecule has 0 aromatic heterocycles. The molecule has 0 amide bonds. The van der Waals surface area contributed by atoms with Crippen LogP contribution in [0.4, 0.5) is 0 Å². The zero-order valence-electron chi connectivity index (χ0n) is 6.39. The first-order valence-corrected chi connectivity index (χ1v) is 4.37. The molecule has 0 heterocycles. The van der Waals surface area contributed by atoms with E-state index in [-0.39, 0.29) is 17.0 Å². The van der Waals surface area contributed by atoms with Crippen LogP contribution < -0.4 is 17.0 Å². The summed E-state index contributed by atoms with van der Waals surface area (Å²) < 4.78 is 0. The smallest absolute Gasteiger partial charge is 0.0774 e. The highest BCUT2D eigenvalue weighted by Gasteiger charge is 1.88. The van der Waals surface area contributed by atoms with Crippen molar-refractivity contribution in [2.75, 3.05) is 0 Å². The van der Waals surface area contributed by atoms with Gasteiger partial charge in [-0.3, -0.25) is 0 Å². The Morgan fingerprint density at radius 2 is 1.82 bits per heavy atom. The molecule has 0 N–H and O–H groups in total. The highest BCUT2D eigenvalue weighted by molar-refractivity contribution is 7.15. The molecule has 0 aliphatic rings. The lowest BCUT2D eigenvalue weighted by atomic mass is 10.1. The molecule has 11 heavy (non-hydrogen) atoms. The van der Waals surface area contributed by atoms with Crippen LogP contribution in [0.2, 0.25) is 0 Å². The molecule has 0 bridgehead atoms. The molecule has 60 valence electrons. The molecule has 0 saturated heterocycles. The summed E-state index contributed by atoms with van der Waals surface area (Å²) in [6, 6.07) is 8.47. The fraction of sp³-hybridized carbons (Fsp3) is 0.111. The molecule has 1 atom stereocenters. The second kappa shape index (κ2) is 5.51. The molecule has 1 unspecified atom stereocenters. The molecular formula is C9H12BrP. The Balaban J connectivity index is 0.000001000. The first-order valence-electron chi connectivity index (χ1n) is 3.37. The predicted octanol–water partition coefficient (Wildman–Crippen LogP) is -0.559. The van der Waals surface area contributed by atoms with Gasteiger partial charge in [0, 0.05) is 0 Å². The molecule has 0 aliphatic carbocycles. The largest absolute Gasteiger partial charge is 1.00 e. The van der Waals surface area contributed by atoms with Crippen molar-refractivity contribution in [3.63, 3.8) is 0 Å². The highest BCUT2D eigenvalue weighted by Crippen LogP contribution is 2.08. The van der Waals surface area contributed by atoms with Gasteiger partial charge in [0.15, 0.2) is 0 Å². The van der Waals surface area contributed by atoms with E-state index in [0.717, 1.165) is 6.16 Å². The topological polar surface area (TPSA) is 0 Å². The van der Waals surface area contributed by atoms with E-state index in [2.05, 4.69) is 30.8 Å². The van der Waals surface area contributed by atoms with Gasteiger partial charge in [-0.2, -0.15) is 0 Å². The van der Waals surface area contributed by atoms with Crippen molar-refractivity contribution in [2.24, 2.45) is 0 Å². The first kappa shape index (κ1) is 10.9. The van der Waals surface area contributed by atoms with E-state index in [0.29, 0.717) is 0 Å². The van der Waals surface area contributed by atoms with Crippen LogP contribution in [0, 0.1) is 0 Å². The molecule has 0 fully saturated rings. The number of hydrogen-bond donors (Lipinski definition) is 0. The molecule has 0 radical (unpaired) electrons. The highest BCUT2D eigenvalue weighted by atomic mass is 79.9. The average molecular weight is 231 g/mol. The summed E-state index contributed by atoms with van der Waals surface area (Å²) >= 11 is 0. The Hall–Kier alpha value is -0.130. The van der Waals surface area contributed by atoms with Crippen LogP contribution in [0.1, 0.15) is 11.1 Å². The summed E-state index contributed by atoms with van der Waals surface area (Å²) in [5.74, 6) is 0. The zero-order valence-corrected chi connectivity index (χ0v) is 9.39. The van der Waals surface area contributed by atoms with E-state index in [1.807, 2.05) is 15.3 Å². The Labute approximate surface area is 80.7 Å². The van der Waals surface area contributed by atoms with Crippen LogP contribution in [-0.4, -0.2) is 0 Å². The lowest BCUT2D eigenvalue weighted by molar-refractivity contribution is -0.00000193. The van der Waals surface area contributed by atoms with E-state index < -0.39 is 0 Å². The van der Waals surface area contributed by atoms with Crippen LogP contribution >= 0.6 is 9.24 Å². The summed E-state index contributed by atoms with van der Waals surface area (Å²) in [6.07, 6.45) is 3.00. The average Bonchev–Trinajstić information content (AvgIpc) is 2.05. The third kappa shape index (κ3) is 3.18. The van der Waals surface area contributed by atoms with Crippen molar-refractivity contribution in [1.82, 2.24) is 0 Å². The second-order valence-corrected chi connectivity index (χ2v) is 2.70. The number of halogens is 1. The van der Waals surface area contributed by atoms with Gasteiger partial charge in [-0.15, -0.1) is 0 Å². The van der Waals surface area contributed by atoms with E-state index in [9.17, 15) is 0 Å². The Morgan fingerprint density at radius 3 is 2.18 bits per heavy atom. The van der Waals surface area contributed by atoms with E-state index in [1.165, 1.54) is 11.1 Å². The first-order chi connectivity index (χ1) is 4.86. The summed E-state index contributed by atoms with van der Waals surface area (Å²) in [4.78, 5) is 0. The number of rotatable bonds is 2. The Kier molecular flexibility index (Phi) is 5.45. The van der Waals surface area contributed by atoms with Crippen molar-refractivity contribution in [3.8, 4) is 0 Å². The van der Waals surface area contributed by atoms with Gasteiger partial charge in [-0.25, -0.2) is 0 Å².